The van der Waals surface area contributed by atoms with Crippen molar-refractivity contribution < 1.29 is 4.79 Å². The first-order valence-electron chi connectivity index (χ1n) is 7.42. The Hall–Kier alpha value is -1.30. The summed E-state index contributed by atoms with van der Waals surface area (Å²) in [5.41, 5.74) is 6.33. The van der Waals surface area contributed by atoms with Crippen LogP contribution in [0.3, 0.4) is 0 Å². The molecule has 0 spiro atoms. The third-order valence-electron chi connectivity index (χ3n) is 3.73. The minimum absolute atomic E-state index is 0.0308. The molecule has 2 heterocycles. The summed E-state index contributed by atoms with van der Waals surface area (Å²) in [6.45, 7) is 5.13. The number of carbonyl (C=O) groups excluding carboxylic acids is 1. The number of hydrogen-bond acceptors (Lipinski definition) is 4. The molecule has 0 bridgehead atoms. The standard InChI is InChI=1S/C16H21N3OS/c1-12-8-14(11-21-12)16(20)18-15-5-2-4-13(9-15)10-19-7-3-6-17-19/h2,4-5,8-9,12,17H,3,6-7,10-11H2,1H3,(H,18,20). The molecule has 1 amide bonds. The smallest absolute Gasteiger partial charge is 0.252 e. The molecule has 1 aromatic carbocycles. The van der Waals surface area contributed by atoms with Gasteiger partial charge in [0.1, 0.15) is 0 Å². The highest BCUT2D eigenvalue weighted by Crippen LogP contribution is 2.25. The summed E-state index contributed by atoms with van der Waals surface area (Å²) in [6.07, 6.45) is 3.25. The Bertz CT molecular complexity index is 552. The fourth-order valence-electron chi connectivity index (χ4n) is 2.64. The average Bonchev–Trinajstić information content (AvgIpc) is 3.11. The fourth-order valence-corrected chi connectivity index (χ4v) is 3.57. The van der Waals surface area contributed by atoms with Gasteiger partial charge in [0, 0.05) is 41.9 Å². The highest BCUT2D eigenvalue weighted by atomic mass is 32.2. The zero-order valence-corrected chi connectivity index (χ0v) is 13.1. The van der Waals surface area contributed by atoms with Crippen LogP contribution in [0.15, 0.2) is 35.9 Å². The van der Waals surface area contributed by atoms with Gasteiger partial charge in [0.25, 0.3) is 5.91 Å². The second kappa shape index (κ2) is 6.64. The summed E-state index contributed by atoms with van der Waals surface area (Å²) in [4.78, 5) is 12.2. The Labute approximate surface area is 129 Å². The van der Waals surface area contributed by atoms with Crippen molar-refractivity contribution in [3.63, 3.8) is 0 Å². The number of benzene rings is 1. The van der Waals surface area contributed by atoms with Gasteiger partial charge in [-0.15, -0.1) is 11.8 Å². The van der Waals surface area contributed by atoms with Gasteiger partial charge in [0.05, 0.1) is 0 Å². The van der Waals surface area contributed by atoms with Gasteiger partial charge in [-0.2, -0.15) is 0 Å². The molecule has 1 unspecified atom stereocenters. The van der Waals surface area contributed by atoms with Crippen LogP contribution in [0.5, 0.6) is 0 Å². The number of nitrogens with zero attached hydrogens (tertiary/aromatic N) is 1. The lowest BCUT2D eigenvalue weighted by atomic mass is 10.2. The van der Waals surface area contributed by atoms with Crippen LogP contribution in [0.1, 0.15) is 18.9 Å². The predicted molar refractivity (Wildman–Crippen MR) is 88.1 cm³/mol. The second-order valence-electron chi connectivity index (χ2n) is 5.55. The summed E-state index contributed by atoms with van der Waals surface area (Å²) in [5.74, 6) is 0.841. The van der Waals surface area contributed by atoms with Gasteiger partial charge in [-0.3, -0.25) is 10.2 Å². The van der Waals surface area contributed by atoms with Gasteiger partial charge in [0.2, 0.25) is 0 Å². The van der Waals surface area contributed by atoms with Crippen molar-refractivity contribution in [1.29, 1.82) is 0 Å². The van der Waals surface area contributed by atoms with Gasteiger partial charge in [-0.1, -0.05) is 18.2 Å². The van der Waals surface area contributed by atoms with Gasteiger partial charge in [-0.05, 0) is 31.0 Å². The quantitative estimate of drug-likeness (QED) is 0.896. The molecule has 0 saturated carbocycles. The number of anilines is 1. The Balaban J connectivity index is 1.62. The number of amides is 1. The average molecular weight is 303 g/mol. The molecule has 2 N–H and O–H groups in total. The minimum atomic E-state index is 0.0308. The normalized spacial score (nSPS) is 22.3. The SMILES string of the molecule is CC1C=C(C(=O)Nc2cccc(CN3CCCN3)c2)CS1. The summed E-state index contributed by atoms with van der Waals surface area (Å²) in [7, 11) is 0. The van der Waals surface area contributed by atoms with Crippen LogP contribution in [0.25, 0.3) is 0 Å². The first-order chi connectivity index (χ1) is 10.2. The first-order valence-corrected chi connectivity index (χ1v) is 8.46. The van der Waals surface area contributed by atoms with Crippen LogP contribution in [-0.2, 0) is 11.3 Å². The molecular formula is C16H21N3OS. The van der Waals surface area contributed by atoms with Crippen LogP contribution in [0, 0.1) is 0 Å². The lowest BCUT2D eigenvalue weighted by Gasteiger charge is -2.15. The molecule has 1 fully saturated rings. The molecule has 2 aliphatic rings. The Morgan fingerprint density at radius 3 is 3.14 bits per heavy atom. The number of hydrazine groups is 1. The molecule has 5 heteroatoms. The molecule has 0 aliphatic carbocycles. The van der Waals surface area contributed by atoms with E-state index < -0.39 is 0 Å². The molecule has 112 valence electrons. The molecule has 4 nitrogen and oxygen atoms in total. The summed E-state index contributed by atoms with van der Waals surface area (Å²) in [6, 6.07) is 8.11. The maximum atomic E-state index is 12.2. The zero-order chi connectivity index (χ0) is 14.7. The molecule has 1 saturated heterocycles. The van der Waals surface area contributed by atoms with E-state index in [4.69, 9.17) is 0 Å². The van der Waals surface area contributed by atoms with E-state index in [0.29, 0.717) is 5.25 Å². The van der Waals surface area contributed by atoms with E-state index in [1.165, 1.54) is 12.0 Å². The summed E-state index contributed by atoms with van der Waals surface area (Å²) < 4.78 is 0. The van der Waals surface area contributed by atoms with E-state index in [1.54, 1.807) is 11.8 Å². The van der Waals surface area contributed by atoms with Crippen LogP contribution in [0.2, 0.25) is 0 Å². The predicted octanol–water partition coefficient (Wildman–Crippen LogP) is 2.40. The molecule has 1 atom stereocenters. The topological polar surface area (TPSA) is 44.4 Å². The number of thioether (sulfide) groups is 1. The van der Waals surface area contributed by atoms with Crippen molar-refractivity contribution in [1.82, 2.24) is 10.4 Å². The maximum absolute atomic E-state index is 12.2. The largest absolute Gasteiger partial charge is 0.322 e. The van der Waals surface area contributed by atoms with Gasteiger partial charge >= 0.3 is 0 Å². The molecule has 21 heavy (non-hydrogen) atoms. The van der Waals surface area contributed by atoms with E-state index in [1.807, 2.05) is 12.1 Å². The summed E-state index contributed by atoms with van der Waals surface area (Å²) >= 11 is 1.80. The molecule has 0 aromatic heterocycles. The fraction of sp³-hybridized carbons (Fsp3) is 0.438. The van der Waals surface area contributed by atoms with E-state index in [0.717, 1.165) is 36.6 Å². The minimum Gasteiger partial charge on any atom is -0.322 e. The molecule has 2 aliphatic heterocycles. The lowest BCUT2D eigenvalue weighted by Crippen LogP contribution is -2.30. The second-order valence-corrected chi connectivity index (χ2v) is 6.91. The first kappa shape index (κ1) is 14.6. The van der Waals surface area contributed by atoms with E-state index in [9.17, 15) is 4.79 Å². The summed E-state index contributed by atoms with van der Waals surface area (Å²) in [5, 5.41) is 5.67. The molecular weight excluding hydrogens is 282 g/mol. The van der Waals surface area contributed by atoms with Gasteiger partial charge in [-0.25, -0.2) is 5.01 Å². The molecule has 0 radical (unpaired) electrons. The third kappa shape index (κ3) is 3.87. The van der Waals surface area contributed by atoms with Crippen molar-refractivity contribution in [2.24, 2.45) is 0 Å². The van der Waals surface area contributed by atoms with Crippen molar-refractivity contribution in [2.45, 2.75) is 25.1 Å². The Morgan fingerprint density at radius 1 is 1.52 bits per heavy atom. The number of carbonyl (C=O) groups is 1. The van der Waals surface area contributed by atoms with E-state index in [-0.39, 0.29) is 5.91 Å². The van der Waals surface area contributed by atoms with Gasteiger partial charge < -0.3 is 5.32 Å². The van der Waals surface area contributed by atoms with E-state index >= 15 is 0 Å². The zero-order valence-electron chi connectivity index (χ0n) is 12.3. The third-order valence-corrected chi connectivity index (χ3v) is 4.87. The maximum Gasteiger partial charge on any atom is 0.252 e. The highest BCUT2D eigenvalue weighted by molar-refractivity contribution is 8.00. The molecule has 3 rings (SSSR count). The van der Waals surface area contributed by atoms with Crippen molar-refractivity contribution in [3.05, 3.63) is 41.5 Å². The number of nitrogens with one attached hydrogen (secondary N) is 2. The monoisotopic (exact) mass is 303 g/mol. The van der Waals surface area contributed by atoms with Crippen LogP contribution >= 0.6 is 11.8 Å². The Morgan fingerprint density at radius 2 is 2.43 bits per heavy atom. The lowest BCUT2D eigenvalue weighted by molar-refractivity contribution is -0.112. The van der Waals surface area contributed by atoms with Crippen molar-refractivity contribution >= 4 is 23.4 Å². The van der Waals surface area contributed by atoms with Crippen LogP contribution in [-0.4, -0.2) is 35.0 Å². The number of hydrogen-bond donors (Lipinski definition) is 2. The van der Waals surface area contributed by atoms with Gasteiger partial charge in [0.15, 0.2) is 0 Å². The van der Waals surface area contributed by atoms with Crippen molar-refractivity contribution in [3.8, 4) is 0 Å². The highest BCUT2D eigenvalue weighted by Gasteiger charge is 2.18. The number of rotatable bonds is 4. The van der Waals surface area contributed by atoms with Crippen LogP contribution < -0.4 is 10.7 Å². The molecule has 1 aromatic rings. The van der Waals surface area contributed by atoms with Crippen molar-refractivity contribution in [2.75, 3.05) is 24.2 Å². The Kier molecular flexibility index (Phi) is 4.63. The van der Waals surface area contributed by atoms with E-state index in [2.05, 4.69) is 40.9 Å². The van der Waals surface area contributed by atoms with Crippen LogP contribution in [0.4, 0.5) is 5.69 Å².